The molecule has 5 nitrogen and oxygen atoms in total. The lowest BCUT2D eigenvalue weighted by molar-refractivity contribution is -0.115. The molecule has 0 radical (unpaired) electrons. The van der Waals surface area contributed by atoms with Gasteiger partial charge < -0.3 is 5.32 Å². The van der Waals surface area contributed by atoms with E-state index in [4.69, 9.17) is 0 Å². The Bertz CT molecular complexity index is 813. The highest BCUT2D eigenvalue weighted by Gasteiger charge is 2.13. The Hall–Kier alpha value is -1.87. The smallest absolute Gasteiger partial charge is 0.261 e. The first-order chi connectivity index (χ1) is 10.9. The fourth-order valence-electron chi connectivity index (χ4n) is 1.75. The highest BCUT2D eigenvalue weighted by atomic mass is 127. The summed E-state index contributed by atoms with van der Waals surface area (Å²) in [5.41, 5.74) is 1.25. The van der Waals surface area contributed by atoms with Crippen LogP contribution in [-0.4, -0.2) is 21.4 Å². The van der Waals surface area contributed by atoms with Crippen molar-refractivity contribution in [2.45, 2.75) is 4.90 Å². The molecule has 0 spiro atoms. The van der Waals surface area contributed by atoms with Crippen LogP contribution in [0.5, 0.6) is 0 Å². The summed E-state index contributed by atoms with van der Waals surface area (Å²) in [5.74, 6) is -0.220. The van der Waals surface area contributed by atoms with Crippen molar-refractivity contribution in [2.75, 3.05) is 11.8 Å². The summed E-state index contributed by atoms with van der Waals surface area (Å²) in [4.78, 5) is 11.3. The van der Waals surface area contributed by atoms with Crippen molar-refractivity contribution in [3.63, 3.8) is 0 Å². The second-order valence-electron chi connectivity index (χ2n) is 4.63. The highest BCUT2D eigenvalue weighted by molar-refractivity contribution is 14.1. The monoisotopic (exact) mass is 442 g/mol. The van der Waals surface area contributed by atoms with Crippen molar-refractivity contribution in [3.05, 3.63) is 63.7 Å². The third kappa shape index (κ3) is 5.07. The van der Waals surface area contributed by atoms with Gasteiger partial charge in [-0.05, 0) is 70.6 Å². The van der Waals surface area contributed by atoms with E-state index in [2.05, 4.69) is 32.6 Å². The van der Waals surface area contributed by atoms with Crippen LogP contribution >= 0.6 is 22.6 Å². The van der Waals surface area contributed by atoms with Gasteiger partial charge in [-0.1, -0.05) is 12.1 Å². The van der Waals surface area contributed by atoms with Crippen LogP contribution in [0.3, 0.4) is 0 Å². The predicted molar refractivity (Wildman–Crippen MR) is 99.5 cm³/mol. The lowest BCUT2D eigenvalue weighted by Gasteiger charge is -2.08. The molecule has 0 aromatic heterocycles. The molecule has 0 saturated heterocycles. The van der Waals surface area contributed by atoms with Crippen LogP contribution < -0.4 is 10.0 Å². The normalized spacial score (nSPS) is 11.4. The minimum absolute atomic E-state index is 0.160. The van der Waals surface area contributed by atoms with E-state index < -0.39 is 10.0 Å². The third-order valence-electron chi connectivity index (χ3n) is 2.96. The molecular weight excluding hydrogens is 427 g/mol. The molecule has 7 heteroatoms. The van der Waals surface area contributed by atoms with E-state index in [0.717, 1.165) is 9.13 Å². The molecule has 0 aliphatic heterocycles. The zero-order valence-corrected chi connectivity index (χ0v) is 15.3. The molecule has 0 fully saturated rings. The number of halogens is 1. The van der Waals surface area contributed by atoms with Gasteiger partial charge in [0, 0.05) is 22.4 Å². The minimum atomic E-state index is -3.63. The van der Waals surface area contributed by atoms with Gasteiger partial charge in [0.15, 0.2) is 0 Å². The van der Waals surface area contributed by atoms with Crippen LogP contribution in [-0.2, 0) is 14.8 Å². The lowest BCUT2D eigenvalue weighted by atomic mass is 10.2. The average Bonchev–Trinajstić information content (AvgIpc) is 2.55. The first kappa shape index (κ1) is 17.5. The Morgan fingerprint density at radius 1 is 1.04 bits per heavy atom. The second kappa shape index (κ2) is 7.60. The summed E-state index contributed by atoms with van der Waals surface area (Å²) in [6.45, 7) is 0. The van der Waals surface area contributed by atoms with Crippen molar-refractivity contribution < 1.29 is 13.2 Å². The van der Waals surface area contributed by atoms with Crippen molar-refractivity contribution >= 4 is 50.3 Å². The number of hydrogen-bond acceptors (Lipinski definition) is 3. The minimum Gasteiger partial charge on any atom is -0.356 e. The molecule has 23 heavy (non-hydrogen) atoms. The molecule has 120 valence electrons. The molecule has 0 bridgehead atoms. The first-order valence-electron chi connectivity index (χ1n) is 6.69. The molecule has 0 aliphatic carbocycles. The van der Waals surface area contributed by atoms with Crippen LogP contribution in [0.2, 0.25) is 0 Å². The number of amides is 1. The van der Waals surface area contributed by atoms with Crippen LogP contribution in [0.4, 0.5) is 5.69 Å². The van der Waals surface area contributed by atoms with E-state index in [1.807, 2.05) is 12.1 Å². The fraction of sp³-hybridized carbons (Fsp3) is 0.0625. The Morgan fingerprint density at radius 3 is 2.22 bits per heavy atom. The Kier molecular flexibility index (Phi) is 5.78. The van der Waals surface area contributed by atoms with Crippen LogP contribution in [0.15, 0.2) is 59.5 Å². The maximum Gasteiger partial charge on any atom is 0.261 e. The van der Waals surface area contributed by atoms with Gasteiger partial charge in [0.05, 0.1) is 4.90 Å². The molecule has 1 amide bonds. The first-order valence-corrected chi connectivity index (χ1v) is 9.25. The lowest BCUT2D eigenvalue weighted by Crippen LogP contribution is -2.14. The van der Waals surface area contributed by atoms with Crippen molar-refractivity contribution in [1.29, 1.82) is 0 Å². The number of carbonyl (C=O) groups is 1. The van der Waals surface area contributed by atoms with Gasteiger partial charge in [0.25, 0.3) is 10.0 Å². The van der Waals surface area contributed by atoms with Crippen molar-refractivity contribution in [2.24, 2.45) is 0 Å². The number of benzene rings is 2. The number of nitrogens with one attached hydrogen (secondary N) is 2. The Labute approximate surface area is 149 Å². The molecule has 2 aromatic rings. The fourth-order valence-corrected chi connectivity index (χ4v) is 3.16. The summed E-state index contributed by atoms with van der Waals surface area (Å²) in [5, 5.41) is 2.47. The molecule has 0 saturated carbocycles. The summed E-state index contributed by atoms with van der Waals surface area (Å²) in [6.07, 6.45) is 3.00. The molecule has 2 rings (SSSR count). The van der Waals surface area contributed by atoms with Gasteiger partial charge >= 0.3 is 0 Å². The predicted octanol–water partition coefficient (Wildman–Crippen LogP) is 2.85. The van der Waals surface area contributed by atoms with Crippen LogP contribution in [0.1, 0.15) is 5.56 Å². The van der Waals surface area contributed by atoms with E-state index in [1.54, 1.807) is 37.4 Å². The summed E-state index contributed by atoms with van der Waals surface area (Å²) in [7, 11) is -2.09. The molecule has 0 heterocycles. The summed E-state index contributed by atoms with van der Waals surface area (Å²) in [6, 6.07) is 13.3. The Morgan fingerprint density at radius 2 is 1.65 bits per heavy atom. The zero-order chi connectivity index (χ0) is 16.9. The molecule has 2 aromatic carbocycles. The molecule has 2 N–H and O–H groups in total. The van der Waals surface area contributed by atoms with E-state index in [1.165, 1.54) is 18.2 Å². The number of likely N-dealkylation sites (N-methyl/N-ethyl adjacent to an activating group) is 1. The van der Waals surface area contributed by atoms with Gasteiger partial charge in [-0.2, -0.15) is 0 Å². The van der Waals surface area contributed by atoms with E-state index in [-0.39, 0.29) is 10.8 Å². The SMILES string of the molecule is CNC(=O)/C=C/c1ccc(S(=O)(=O)Nc2ccc(I)cc2)cc1. The van der Waals surface area contributed by atoms with Gasteiger partial charge in [0.2, 0.25) is 5.91 Å². The van der Waals surface area contributed by atoms with E-state index >= 15 is 0 Å². The average molecular weight is 442 g/mol. The van der Waals surface area contributed by atoms with Crippen molar-refractivity contribution in [1.82, 2.24) is 5.32 Å². The number of rotatable bonds is 5. The largest absolute Gasteiger partial charge is 0.356 e. The van der Waals surface area contributed by atoms with Gasteiger partial charge in [-0.15, -0.1) is 0 Å². The summed E-state index contributed by atoms with van der Waals surface area (Å²) >= 11 is 2.15. The molecule has 0 aliphatic rings. The van der Waals surface area contributed by atoms with E-state index in [0.29, 0.717) is 5.69 Å². The molecule has 0 atom stereocenters. The standard InChI is InChI=1S/C16H15IN2O3S/c1-18-16(20)11-4-12-2-9-15(10-3-12)23(21,22)19-14-7-5-13(17)6-8-14/h2-11,19H,1H3,(H,18,20)/b11-4+. The summed E-state index contributed by atoms with van der Waals surface area (Å²) < 4.78 is 28.2. The number of hydrogen-bond donors (Lipinski definition) is 2. The molecule has 0 unspecified atom stereocenters. The van der Waals surface area contributed by atoms with Crippen molar-refractivity contribution in [3.8, 4) is 0 Å². The highest BCUT2D eigenvalue weighted by Crippen LogP contribution is 2.18. The van der Waals surface area contributed by atoms with Gasteiger partial charge in [-0.3, -0.25) is 9.52 Å². The zero-order valence-electron chi connectivity index (χ0n) is 12.3. The number of carbonyl (C=O) groups excluding carboxylic acids is 1. The van der Waals surface area contributed by atoms with Crippen LogP contribution in [0.25, 0.3) is 6.08 Å². The third-order valence-corrected chi connectivity index (χ3v) is 5.08. The van der Waals surface area contributed by atoms with E-state index in [9.17, 15) is 13.2 Å². The second-order valence-corrected chi connectivity index (χ2v) is 7.56. The van der Waals surface area contributed by atoms with Gasteiger partial charge in [0.1, 0.15) is 0 Å². The van der Waals surface area contributed by atoms with Crippen LogP contribution in [0, 0.1) is 3.57 Å². The quantitative estimate of drug-likeness (QED) is 0.553. The maximum atomic E-state index is 12.3. The maximum absolute atomic E-state index is 12.3. The number of sulfonamides is 1. The van der Waals surface area contributed by atoms with Gasteiger partial charge in [-0.25, -0.2) is 8.42 Å². The number of anilines is 1. The topological polar surface area (TPSA) is 75.3 Å². The Balaban J connectivity index is 2.15. The molecular formula is C16H15IN2O3S.